The Morgan fingerprint density at radius 1 is 0.969 bits per heavy atom. The quantitative estimate of drug-likeness (QED) is 0.415. The molecule has 0 unspecified atom stereocenters. The van der Waals surface area contributed by atoms with Crippen LogP contribution in [0.3, 0.4) is 0 Å². The summed E-state index contributed by atoms with van der Waals surface area (Å²) in [5, 5.41) is 10.3. The van der Waals surface area contributed by atoms with E-state index in [1.807, 2.05) is 0 Å². The highest BCUT2D eigenvalue weighted by molar-refractivity contribution is 5.40. The number of fused-ring (bicyclic) bond motifs is 4. The second-order valence-electron chi connectivity index (χ2n) is 12.5. The Morgan fingerprint density at radius 3 is 2.34 bits per heavy atom. The number of aliphatic hydroxyl groups is 1. The molecule has 0 aromatic rings. The Kier molecular flexibility index (Phi) is 6.22. The molecule has 0 spiro atoms. The zero-order valence-electron chi connectivity index (χ0n) is 20.7. The summed E-state index contributed by atoms with van der Waals surface area (Å²) < 4.78 is 40.5. The third-order valence-electron chi connectivity index (χ3n) is 10.2. The average Bonchev–Trinajstić information content (AvgIpc) is 3.04. The van der Waals surface area contributed by atoms with Gasteiger partial charge >= 0.3 is 6.18 Å². The second kappa shape index (κ2) is 8.17. The van der Waals surface area contributed by atoms with Gasteiger partial charge in [-0.3, -0.25) is 0 Å². The van der Waals surface area contributed by atoms with Crippen LogP contribution in [0.5, 0.6) is 0 Å². The first-order chi connectivity index (χ1) is 14.8. The van der Waals surface area contributed by atoms with Crippen molar-refractivity contribution in [2.45, 2.75) is 117 Å². The molecule has 0 heterocycles. The molecule has 2 fully saturated rings. The predicted octanol–water partition coefficient (Wildman–Crippen LogP) is 8.39. The summed E-state index contributed by atoms with van der Waals surface area (Å²) in [6.07, 6.45) is 7.06. The molecule has 0 aromatic carbocycles. The van der Waals surface area contributed by atoms with Crippen LogP contribution in [0.15, 0.2) is 22.8 Å². The van der Waals surface area contributed by atoms with Gasteiger partial charge in [0, 0.05) is 0 Å². The lowest BCUT2D eigenvalue weighted by Crippen LogP contribution is -2.51. The monoisotopic (exact) mass is 452 g/mol. The van der Waals surface area contributed by atoms with Gasteiger partial charge in [0.2, 0.25) is 0 Å². The molecular formula is C28H43F3O. The van der Waals surface area contributed by atoms with Crippen molar-refractivity contribution >= 4 is 0 Å². The Balaban J connectivity index is 1.58. The number of hydrogen-bond acceptors (Lipinski definition) is 1. The lowest BCUT2D eigenvalue weighted by atomic mass is 9.50. The van der Waals surface area contributed by atoms with E-state index in [1.54, 1.807) is 11.1 Å². The number of alkyl halides is 3. The van der Waals surface area contributed by atoms with Crippen LogP contribution >= 0.6 is 0 Å². The van der Waals surface area contributed by atoms with Gasteiger partial charge in [0.15, 0.2) is 5.60 Å². The average molecular weight is 453 g/mol. The summed E-state index contributed by atoms with van der Waals surface area (Å²) in [7, 11) is 0. The summed E-state index contributed by atoms with van der Waals surface area (Å²) in [4.78, 5) is 0. The van der Waals surface area contributed by atoms with Gasteiger partial charge in [-0.1, -0.05) is 70.6 Å². The summed E-state index contributed by atoms with van der Waals surface area (Å²) >= 11 is 0. The molecule has 4 heteroatoms. The van der Waals surface area contributed by atoms with Crippen molar-refractivity contribution in [2.24, 2.45) is 34.5 Å². The molecule has 0 bridgehead atoms. The second-order valence-corrected chi connectivity index (χ2v) is 12.5. The molecule has 4 rings (SSSR count). The van der Waals surface area contributed by atoms with E-state index in [4.69, 9.17) is 0 Å². The molecule has 32 heavy (non-hydrogen) atoms. The van der Waals surface area contributed by atoms with Crippen molar-refractivity contribution in [2.75, 3.05) is 0 Å². The molecule has 0 aromatic heterocycles. The van der Waals surface area contributed by atoms with Crippen LogP contribution in [0.1, 0.15) is 105 Å². The van der Waals surface area contributed by atoms with Crippen LogP contribution in [-0.4, -0.2) is 16.9 Å². The van der Waals surface area contributed by atoms with Gasteiger partial charge in [-0.2, -0.15) is 13.2 Å². The molecule has 0 radical (unpaired) electrons. The molecule has 2 saturated carbocycles. The molecule has 182 valence electrons. The number of allylic oxidation sites excluding steroid dienone is 3. The van der Waals surface area contributed by atoms with Gasteiger partial charge < -0.3 is 5.11 Å². The van der Waals surface area contributed by atoms with Crippen molar-refractivity contribution in [1.29, 1.82) is 0 Å². The maximum atomic E-state index is 13.5. The molecule has 0 amide bonds. The smallest absolute Gasteiger partial charge is 0.377 e. The van der Waals surface area contributed by atoms with Crippen molar-refractivity contribution < 1.29 is 18.3 Å². The van der Waals surface area contributed by atoms with Gasteiger partial charge in [0.1, 0.15) is 0 Å². The maximum absolute atomic E-state index is 13.5. The molecule has 1 N–H and O–H groups in total. The van der Waals surface area contributed by atoms with Crippen LogP contribution in [0.4, 0.5) is 13.2 Å². The molecule has 0 saturated heterocycles. The zero-order valence-corrected chi connectivity index (χ0v) is 20.7. The van der Waals surface area contributed by atoms with Crippen LogP contribution in [0.25, 0.3) is 0 Å². The predicted molar refractivity (Wildman–Crippen MR) is 124 cm³/mol. The highest BCUT2D eigenvalue weighted by atomic mass is 19.4. The molecule has 4 aliphatic rings. The minimum atomic E-state index is -4.59. The minimum Gasteiger partial charge on any atom is -0.377 e. The summed E-state index contributed by atoms with van der Waals surface area (Å²) in [5.41, 5.74) is 1.54. The summed E-state index contributed by atoms with van der Waals surface area (Å²) in [5.74, 6) is 2.60. The van der Waals surface area contributed by atoms with Crippen molar-refractivity contribution in [3.8, 4) is 0 Å². The molecule has 4 aliphatic carbocycles. The minimum absolute atomic E-state index is 0.206. The topological polar surface area (TPSA) is 20.2 Å². The third-order valence-corrected chi connectivity index (χ3v) is 10.2. The molecule has 6 atom stereocenters. The van der Waals surface area contributed by atoms with Crippen molar-refractivity contribution in [3.63, 3.8) is 0 Å². The van der Waals surface area contributed by atoms with E-state index in [2.05, 4.69) is 34.6 Å². The number of rotatable bonds is 5. The summed E-state index contributed by atoms with van der Waals surface area (Å²) in [6.45, 7) is 11.7. The highest BCUT2D eigenvalue weighted by Gasteiger charge is 2.59. The molecule has 1 nitrogen and oxygen atoms in total. The van der Waals surface area contributed by atoms with E-state index in [0.717, 1.165) is 36.2 Å². The number of hydrogen-bond donors (Lipinski definition) is 1. The lowest BCUT2D eigenvalue weighted by Gasteiger charge is -2.55. The SMILES string of the molecule is CC(C)CCC[C@@H](C)[C@H]1CCC2=C3CCC4=C[C@@](O)(C(F)(F)F)CC[C@]4(C)[C@H]3CC[C@@]21C. The lowest BCUT2D eigenvalue weighted by molar-refractivity contribution is -0.246. The van der Waals surface area contributed by atoms with Crippen LogP contribution in [0, 0.1) is 34.5 Å². The number of halogens is 3. The normalized spacial score (nSPS) is 40.6. The zero-order chi connectivity index (χ0) is 23.5. The Bertz CT molecular complexity index is 793. The Hall–Kier alpha value is -0.770. The van der Waals surface area contributed by atoms with Gasteiger partial charge in [-0.05, 0) is 91.9 Å². The maximum Gasteiger partial charge on any atom is 0.420 e. The van der Waals surface area contributed by atoms with Crippen LogP contribution in [0.2, 0.25) is 0 Å². The van der Waals surface area contributed by atoms with Gasteiger partial charge in [0.05, 0.1) is 0 Å². The fraction of sp³-hybridized carbons (Fsp3) is 0.857. The van der Waals surface area contributed by atoms with Crippen LogP contribution in [-0.2, 0) is 0 Å². The van der Waals surface area contributed by atoms with E-state index < -0.39 is 11.8 Å². The van der Waals surface area contributed by atoms with Gasteiger partial charge in [-0.15, -0.1) is 0 Å². The standard InChI is InChI=1S/C28H43F3O/c1-18(2)7-6-8-19(3)22-11-12-23-21-10-9-20-17-27(32,28(29,30)31)16-15-25(20,4)24(21)13-14-26(22,23)5/h17-19,22,24,32H,6-16H2,1-5H3/t19-,22-,24+,25+,26-,27-/m1/s1. The first-order valence-corrected chi connectivity index (χ1v) is 13.1. The largest absolute Gasteiger partial charge is 0.420 e. The molecule has 0 aliphatic heterocycles. The van der Waals surface area contributed by atoms with Gasteiger partial charge in [0.25, 0.3) is 0 Å². The van der Waals surface area contributed by atoms with E-state index in [-0.39, 0.29) is 17.3 Å². The fourth-order valence-electron chi connectivity index (χ4n) is 8.19. The van der Waals surface area contributed by atoms with E-state index in [0.29, 0.717) is 18.8 Å². The Morgan fingerprint density at radius 2 is 1.69 bits per heavy atom. The van der Waals surface area contributed by atoms with Crippen LogP contribution < -0.4 is 0 Å². The van der Waals surface area contributed by atoms with E-state index in [9.17, 15) is 18.3 Å². The van der Waals surface area contributed by atoms with E-state index >= 15 is 0 Å². The Labute approximate surface area is 192 Å². The van der Waals surface area contributed by atoms with Crippen molar-refractivity contribution in [1.82, 2.24) is 0 Å². The molecular weight excluding hydrogens is 409 g/mol. The third kappa shape index (κ3) is 3.81. The van der Waals surface area contributed by atoms with Gasteiger partial charge in [-0.25, -0.2) is 0 Å². The summed E-state index contributed by atoms with van der Waals surface area (Å²) in [6, 6.07) is 0. The van der Waals surface area contributed by atoms with E-state index in [1.165, 1.54) is 44.6 Å². The first kappa shape index (κ1) is 24.4. The first-order valence-electron chi connectivity index (χ1n) is 13.1. The highest BCUT2D eigenvalue weighted by Crippen LogP contribution is 2.66. The van der Waals surface area contributed by atoms with Crippen molar-refractivity contribution in [3.05, 3.63) is 22.8 Å². The fourth-order valence-corrected chi connectivity index (χ4v) is 8.19.